The molecular formula is C22H25BrCl2N2O3. The zero-order valence-corrected chi connectivity index (χ0v) is 20.1. The highest BCUT2D eigenvalue weighted by Crippen LogP contribution is 2.27. The molecule has 162 valence electrons. The maximum absolute atomic E-state index is 13.0. The van der Waals surface area contributed by atoms with Gasteiger partial charge in [0.25, 0.3) is 5.91 Å². The van der Waals surface area contributed by atoms with Gasteiger partial charge in [-0.3, -0.25) is 9.59 Å². The van der Waals surface area contributed by atoms with Crippen molar-refractivity contribution in [3.05, 3.63) is 62.5 Å². The Bertz CT molecular complexity index is 862. The number of nitrogens with zero attached hydrogens (tertiary/aromatic N) is 1. The van der Waals surface area contributed by atoms with Gasteiger partial charge in [0.2, 0.25) is 5.91 Å². The Hall–Kier alpha value is -1.76. The maximum atomic E-state index is 13.0. The Kier molecular flexibility index (Phi) is 9.95. The van der Waals surface area contributed by atoms with E-state index < -0.39 is 6.04 Å². The molecule has 2 aromatic rings. The number of hydrogen-bond acceptors (Lipinski definition) is 3. The lowest BCUT2D eigenvalue weighted by atomic mass is 10.1. The molecule has 2 rings (SSSR count). The molecule has 1 atom stereocenters. The van der Waals surface area contributed by atoms with Crippen LogP contribution in [0.5, 0.6) is 5.75 Å². The topological polar surface area (TPSA) is 58.6 Å². The third kappa shape index (κ3) is 7.49. The lowest BCUT2D eigenvalue weighted by Crippen LogP contribution is -2.49. The van der Waals surface area contributed by atoms with E-state index in [1.54, 1.807) is 37.3 Å². The van der Waals surface area contributed by atoms with Crippen LogP contribution in [0.3, 0.4) is 0 Å². The molecule has 0 radical (unpaired) electrons. The third-order valence-electron chi connectivity index (χ3n) is 4.51. The van der Waals surface area contributed by atoms with Crippen molar-refractivity contribution in [2.75, 3.05) is 13.2 Å². The summed E-state index contributed by atoms with van der Waals surface area (Å²) in [4.78, 5) is 27.1. The van der Waals surface area contributed by atoms with Crippen molar-refractivity contribution in [3.8, 4) is 5.75 Å². The van der Waals surface area contributed by atoms with E-state index in [9.17, 15) is 9.59 Å². The summed E-state index contributed by atoms with van der Waals surface area (Å²) in [5.41, 5.74) is 0.864. The van der Waals surface area contributed by atoms with Gasteiger partial charge in [0, 0.05) is 22.6 Å². The molecule has 0 aliphatic rings. The van der Waals surface area contributed by atoms with Crippen molar-refractivity contribution in [1.29, 1.82) is 0 Å². The van der Waals surface area contributed by atoms with Crippen LogP contribution in [-0.2, 0) is 16.1 Å². The standard InChI is InChI=1S/C22H25BrCl2N2O3/c1-3-4-11-26-22(29)15(2)27(13-16-5-8-18(24)9-6-16)21(28)14-30-20-10-7-17(23)12-19(20)25/h5-10,12,15H,3-4,11,13-14H2,1-2H3,(H,26,29)/t15-/m0/s1. The van der Waals surface area contributed by atoms with E-state index in [1.165, 1.54) is 4.90 Å². The smallest absolute Gasteiger partial charge is 0.261 e. The molecule has 1 N–H and O–H groups in total. The molecule has 2 amide bonds. The van der Waals surface area contributed by atoms with Crippen LogP contribution in [0.1, 0.15) is 32.3 Å². The first-order valence-corrected chi connectivity index (χ1v) is 11.3. The van der Waals surface area contributed by atoms with Crippen LogP contribution in [0.4, 0.5) is 0 Å². The molecule has 0 aliphatic heterocycles. The second kappa shape index (κ2) is 12.2. The molecule has 0 saturated heterocycles. The molecule has 0 fully saturated rings. The Morgan fingerprint density at radius 3 is 2.50 bits per heavy atom. The van der Waals surface area contributed by atoms with Crippen molar-refractivity contribution in [2.24, 2.45) is 0 Å². The Morgan fingerprint density at radius 2 is 1.87 bits per heavy atom. The molecule has 5 nitrogen and oxygen atoms in total. The number of carbonyl (C=O) groups is 2. The average molecular weight is 516 g/mol. The number of rotatable bonds is 10. The number of benzene rings is 2. The summed E-state index contributed by atoms with van der Waals surface area (Å²) in [5.74, 6) is -0.116. The quantitative estimate of drug-likeness (QED) is 0.427. The van der Waals surface area contributed by atoms with Crippen LogP contribution < -0.4 is 10.1 Å². The first-order valence-electron chi connectivity index (χ1n) is 9.71. The van der Waals surface area contributed by atoms with Crippen LogP contribution in [0, 0.1) is 0 Å². The van der Waals surface area contributed by atoms with E-state index in [2.05, 4.69) is 28.2 Å². The van der Waals surface area contributed by atoms with E-state index in [0.717, 1.165) is 22.9 Å². The summed E-state index contributed by atoms with van der Waals surface area (Å²) < 4.78 is 6.44. The van der Waals surface area contributed by atoms with Gasteiger partial charge in [-0.25, -0.2) is 0 Å². The summed E-state index contributed by atoms with van der Waals surface area (Å²) in [6, 6.07) is 11.7. The van der Waals surface area contributed by atoms with Crippen molar-refractivity contribution < 1.29 is 14.3 Å². The van der Waals surface area contributed by atoms with Crippen molar-refractivity contribution in [2.45, 2.75) is 39.3 Å². The van der Waals surface area contributed by atoms with Crippen LogP contribution >= 0.6 is 39.1 Å². The summed E-state index contributed by atoms with van der Waals surface area (Å²) in [6.07, 6.45) is 1.86. The molecule has 0 heterocycles. The van der Waals surface area contributed by atoms with Gasteiger partial charge in [0.1, 0.15) is 11.8 Å². The number of unbranched alkanes of at least 4 members (excludes halogenated alkanes) is 1. The Balaban J connectivity index is 2.12. The molecule has 30 heavy (non-hydrogen) atoms. The third-order valence-corrected chi connectivity index (χ3v) is 5.55. The highest BCUT2D eigenvalue weighted by Gasteiger charge is 2.26. The predicted octanol–water partition coefficient (Wildman–Crippen LogP) is 5.47. The minimum absolute atomic E-state index is 0.201. The second-order valence-corrected chi connectivity index (χ2v) is 8.59. The van der Waals surface area contributed by atoms with E-state index in [0.29, 0.717) is 22.3 Å². The normalized spacial score (nSPS) is 11.6. The summed E-state index contributed by atoms with van der Waals surface area (Å²) in [6.45, 7) is 4.36. The zero-order chi connectivity index (χ0) is 22.1. The number of amides is 2. The zero-order valence-electron chi connectivity index (χ0n) is 17.0. The van der Waals surface area contributed by atoms with Crippen LogP contribution in [-0.4, -0.2) is 35.9 Å². The van der Waals surface area contributed by atoms with Gasteiger partial charge in [0.05, 0.1) is 5.02 Å². The van der Waals surface area contributed by atoms with Crippen molar-refractivity contribution in [1.82, 2.24) is 10.2 Å². The fraction of sp³-hybridized carbons (Fsp3) is 0.364. The predicted molar refractivity (Wildman–Crippen MR) is 124 cm³/mol. The SMILES string of the molecule is CCCCNC(=O)[C@H](C)N(Cc1ccc(Cl)cc1)C(=O)COc1ccc(Br)cc1Cl. The molecule has 0 aromatic heterocycles. The molecule has 8 heteroatoms. The number of ether oxygens (including phenoxy) is 1. The van der Waals surface area contributed by atoms with Gasteiger partial charge in [-0.05, 0) is 49.2 Å². The fourth-order valence-corrected chi connectivity index (χ4v) is 3.57. The van der Waals surface area contributed by atoms with Gasteiger partial charge < -0.3 is 15.0 Å². The van der Waals surface area contributed by atoms with Crippen molar-refractivity contribution >= 4 is 50.9 Å². The minimum Gasteiger partial charge on any atom is -0.482 e. The summed E-state index contributed by atoms with van der Waals surface area (Å²) in [7, 11) is 0. The first-order chi connectivity index (χ1) is 14.3. The van der Waals surface area contributed by atoms with Crippen molar-refractivity contribution in [3.63, 3.8) is 0 Å². The van der Waals surface area contributed by atoms with Gasteiger partial charge >= 0.3 is 0 Å². The Morgan fingerprint density at radius 1 is 1.17 bits per heavy atom. The van der Waals surface area contributed by atoms with Gasteiger partial charge in [-0.2, -0.15) is 0 Å². The van der Waals surface area contributed by atoms with E-state index >= 15 is 0 Å². The molecule has 0 aliphatic carbocycles. The number of halogens is 3. The summed E-state index contributed by atoms with van der Waals surface area (Å²) >= 11 is 15.5. The van der Waals surface area contributed by atoms with E-state index in [1.807, 2.05) is 12.1 Å². The first kappa shape index (κ1) is 24.5. The second-order valence-electron chi connectivity index (χ2n) is 6.83. The van der Waals surface area contributed by atoms with Crippen LogP contribution in [0.25, 0.3) is 0 Å². The number of hydrogen-bond donors (Lipinski definition) is 1. The highest BCUT2D eigenvalue weighted by atomic mass is 79.9. The van der Waals surface area contributed by atoms with Gasteiger partial charge in [-0.1, -0.05) is 64.6 Å². The molecule has 2 aromatic carbocycles. The van der Waals surface area contributed by atoms with Crippen LogP contribution in [0.2, 0.25) is 10.0 Å². The molecule has 0 bridgehead atoms. The van der Waals surface area contributed by atoms with Gasteiger partial charge in [0.15, 0.2) is 6.61 Å². The molecular weight excluding hydrogens is 491 g/mol. The minimum atomic E-state index is -0.658. The lowest BCUT2D eigenvalue weighted by molar-refractivity contribution is -0.142. The lowest BCUT2D eigenvalue weighted by Gasteiger charge is -2.29. The number of nitrogens with one attached hydrogen (secondary N) is 1. The van der Waals surface area contributed by atoms with Crippen LogP contribution in [0.15, 0.2) is 46.9 Å². The Labute approximate surface area is 195 Å². The maximum Gasteiger partial charge on any atom is 0.261 e. The largest absolute Gasteiger partial charge is 0.482 e. The average Bonchev–Trinajstić information content (AvgIpc) is 2.72. The fourth-order valence-electron chi connectivity index (χ4n) is 2.72. The monoisotopic (exact) mass is 514 g/mol. The van der Waals surface area contributed by atoms with E-state index in [4.69, 9.17) is 27.9 Å². The molecule has 0 spiro atoms. The summed E-state index contributed by atoms with van der Waals surface area (Å²) in [5, 5.41) is 3.88. The van der Waals surface area contributed by atoms with E-state index in [-0.39, 0.29) is 25.0 Å². The number of carbonyl (C=O) groups excluding carboxylic acids is 2. The molecule has 0 unspecified atom stereocenters. The van der Waals surface area contributed by atoms with Gasteiger partial charge in [-0.15, -0.1) is 0 Å². The molecule has 0 saturated carbocycles. The highest BCUT2D eigenvalue weighted by molar-refractivity contribution is 9.10.